The molecule has 9 heteroatoms. The summed E-state index contributed by atoms with van der Waals surface area (Å²) in [7, 11) is 3.61. The lowest BCUT2D eigenvalue weighted by Crippen LogP contribution is -2.21. The first-order valence-electron chi connectivity index (χ1n) is 8.97. The minimum atomic E-state index is -0.162. The Morgan fingerprint density at radius 3 is 2.41 bits per heavy atom. The fourth-order valence-electron chi connectivity index (χ4n) is 3.24. The number of aromatic nitrogens is 6. The molecule has 1 saturated heterocycles. The average molecular weight is 366 g/mol. The number of hydrogen-bond donors (Lipinski definition) is 1. The molecule has 3 heterocycles. The molecule has 3 aromatic rings. The molecule has 9 nitrogen and oxygen atoms in total. The van der Waals surface area contributed by atoms with Crippen LogP contribution in [0.2, 0.25) is 0 Å². The highest BCUT2D eigenvalue weighted by molar-refractivity contribution is 6.06. The number of hydrogen-bond acceptors (Lipinski definition) is 6. The van der Waals surface area contributed by atoms with Crippen LogP contribution in [-0.4, -0.2) is 49.0 Å². The van der Waals surface area contributed by atoms with E-state index in [1.54, 1.807) is 19.2 Å². The van der Waals surface area contributed by atoms with Crippen molar-refractivity contribution in [2.75, 3.05) is 23.3 Å². The number of nitrogens with one attached hydrogen (secondary N) is 1. The van der Waals surface area contributed by atoms with Crippen LogP contribution in [0, 0.1) is 6.92 Å². The van der Waals surface area contributed by atoms with Crippen molar-refractivity contribution in [3.8, 4) is 11.4 Å². The zero-order valence-electron chi connectivity index (χ0n) is 15.7. The Kier molecular flexibility index (Phi) is 4.35. The second-order valence-corrected chi connectivity index (χ2v) is 6.74. The Morgan fingerprint density at radius 2 is 1.78 bits per heavy atom. The molecule has 0 radical (unpaired) electrons. The average Bonchev–Trinajstić information content (AvgIpc) is 3.40. The molecule has 1 amide bonds. The third-order valence-corrected chi connectivity index (χ3v) is 4.87. The van der Waals surface area contributed by atoms with Crippen molar-refractivity contribution in [1.82, 2.24) is 30.0 Å². The molecule has 1 aliphatic heterocycles. The molecular weight excluding hydrogens is 344 g/mol. The molecule has 1 aromatic carbocycles. The summed E-state index contributed by atoms with van der Waals surface area (Å²) in [5.74, 6) is 1.22. The maximum Gasteiger partial charge on any atom is 0.255 e. The number of carbonyl (C=O) groups is 1. The summed E-state index contributed by atoms with van der Waals surface area (Å²) < 4.78 is 1.81. The highest BCUT2D eigenvalue weighted by Crippen LogP contribution is 2.31. The number of benzene rings is 1. The largest absolute Gasteiger partial charge is 0.353 e. The van der Waals surface area contributed by atoms with E-state index in [1.807, 2.05) is 30.8 Å². The minimum absolute atomic E-state index is 0.162. The molecule has 1 aliphatic rings. The van der Waals surface area contributed by atoms with Crippen molar-refractivity contribution in [3.63, 3.8) is 0 Å². The van der Waals surface area contributed by atoms with Gasteiger partial charge in [0.2, 0.25) is 5.82 Å². The normalized spacial score (nSPS) is 14.0. The van der Waals surface area contributed by atoms with Crippen LogP contribution >= 0.6 is 0 Å². The van der Waals surface area contributed by atoms with Gasteiger partial charge in [0.05, 0.1) is 12.7 Å². The van der Waals surface area contributed by atoms with Gasteiger partial charge in [0, 0.05) is 31.3 Å². The van der Waals surface area contributed by atoms with Gasteiger partial charge in [-0.25, -0.2) is 0 Å². The van der Waals surface area contributed by atoms with Crippen molar-refractivity contribution >= 4 is 17.4 Å². The van der Waals surface area contributed by atoms with Gasteiger partial charge in [-0.15, -0.1) is 10.2 Å². The van der Waals surface area contributed by atoms with Gasteiger partial charge >= 0.3 is 0 Å². The maximum atomic E-state index is 12.8. The van der Waals surface area contributed by atoms with Crippen LogP contribution < -0.4 is 10.2 Å². The quantitative estimate of drug-likeness (QED) is 0.756. The van der Waals surface area contributed by atoms with Gasteiger partial charge in [0.15, 0.2) is 5.82 Å². The Labute approximate surface area is 157 Å². The Balaban J connectivity index is 1.56. The van der Waals surface area contributed by atoms with Crippen molar-refractivity contribution < 1.29 is 4.79 Å². The second-order valence-electron chi connectivity index (χ2n) is 6.74. The van der Waals surface area contributed by atoms with Crippen LogP contribution in [0.15, 0.2) is 24.3 Å². The van der Waals surface area contributed by atoms with Crippen LogP contribution in [-0.2, 0) is 14.1 Å². The maximum absolute atomic E-state index is 12.8. The Bertz CT molecular complexity index is 966. The zero-order valence-corrected chi connectivity index (χ0v) is 15.7. The van der Waals surface area contributed by atoms with E-state index in [0.717, 1.165) is 48.7 Å². The van der Waals surface area contributed by atoms with Gasteiger partial charge in [-0.3, -0.25) is 9.48 Å². The lowest BCUT2D eigenvalue weighted by atomic mass is 10.1. The monoisotopic (exact) mass is 366 g/mol. The molecule has 0 bridgehead atoms. The van der Waals surface area contributed by atoms with E-state index in [2.05, 4.69) is 30.7 Å². The lowest BCUT2D eigenvalue weighted by molar-refractivity contribution is 0.102. The third kappa shape index (κ3) is 3.27. The minimum Gasteiger partial charge on any atom is -0.353 e. The summed E-state index contributed by atoms with van der Waals surface area (Å²) in [6.45, 7) is 3.91. The van der Waals surface area contributed by atoms with Gasteiger partial charge in [0.1, 0.15) is 5.69 Å². The molecule has 0 spiro atoms. The van der Waals surface area contributed by atoms with Gasteiger partial charge in [0.25, 0.3) is 5.91 Å². The summed E-state index contributed by atoms with van der Waals surface area (Å²) >= 11 is 0. The summed E-state index contributed by atoms with van der Waals surface area (Å²) in [5, 5.41) is 19.6. The number of tetrazole rings is 1. The molecule has 27 heavy (non-hydrogen) atoms. The number of anilines is 2. The smallest absolute Gasteiger partial charge is 0.255 e. The summed E-state index contributed by atoms with van der Waals surface area (Å²) in [4.78, 5) is 16.4. The third-order valence-electron chi connectivity index (χ3n) is 4.87. The van der Waals surface area contributed by atoms with E-state index < -0.39 is 0 Å². The van der Waals surface area contributed by atoms with E-state index in [-0.39, 0.29) is 5.91 Å². The highest BCUT2D eigenvalue weighted by atomic mass is 16.1. The van der Waals surface area contributed by atoms with Crippen LogP contribution in [0.25, 0.3) is 11.4 Å². The standard InChI is InChI=1S/C18H22N8O/c1-12-15(17(22-24(12)2)26-10-4-5-11-26)19-18(27)14-8-6-13(7-9-14)16-20-23-25(3)21-16/h6-9H,4-5,10-11H2,1-3H3,(H,19,27). The van der Waals surface area contributed by atoms with Crippen LogP contribution in [0.1, 0.15) is 28.9 Å². The predicted molar refractivity (Wildman–Crippen MR) is 102 cm³/mol. The summed E-state index contributed by atoms with van der Waals surface area (Å²) in [6.07, 6.45) is 2.31. The Hall–Kier alpha value is -3.23. The highest BCUT2D eigenvalue weighted by Gasteiger charge is 2.23. The van der Waals surface area contributed by atoms with Crippen molar-refractivity contribution in [1.29, 1.82) is 0 Å². The molecule has 1 N–H and O–H groups in total. The number of nitrogens with zero attached hydrogens (tertiary/aromatic N) is 7. The van der Waals surface area contributed by atoms with Gasteiger partial charge in [-0.1, -0.05) is 12.1 Å². The lowest BCUT2D eigenvalue weighted by Gasteiger charge is -2.16. The molecule has 0 saturated carbocycles. The van der Waals surface area contributed by atoms with Gasteiger partial charge < -0.3 is 10.2 Å². The van der Waals surface area contributed by atoms with Crippen LogP contribution in [0.4, 0.5) is 11.5 Å². The molecule has 2 aromatic heterocycles. The number of amides is 1. The Morgan fingerprint density at radius 1 is 1.07 bits per heavy atom. The van der Waals surface area contributed by atoms with Gasteiger partial charge in [-0.2, -0.15) is 9.90 Å². The molecule has 4 rings (SSSR count). The fourth-order valence-corrected chi connectivity index (χ4v) is 3.24. The van der Waals surface area contributed by atoms with E-state index in [1.165, 1.54) is 4.80 Å². The van der Waals surface area contributed by atoms with E-state index >= 15 is 0 Å². The van der Waals surface area contributed by atoms with Crippen molar-refractivity contribution in [2.45, 2.75) is 19.8 Å². The second kappa shape index (κ2) is 6.82. The molecule has 0 atom stereocenters. The van der Waals surface area contributed by atoms with Gasteiger partial charge in [-0.05, 0) is 37.1 Å². The first-order valence-corrected chi connectivity index (χ1v) is 8.97. The number of aryl methyl sites for hydroxylation is 2. The van der Waals surface area contributed by atoms with Crippen LogP contribution in [0.3, 0.4) is 0 Å². The predicted octanol–water partition coefficient (Wildman–Crippen LogP) is 1.77. The molecule has 140 valence electrons. The number of carbonyl (C=O) groups excluding carboxylic acids is 1. The van der Waals surface area contributed by atoms with E-state index in [0.29, 0.717) is 11.4 Å². The fraction of sp³-hybridized carbons (Fsp3) is 0.389. The molecular formula is C18H22N8O. The first kappa shape index (κ1) is 17.2. The summed E-state index contributed by atoms with van der Waals surface area (Å²) in [6, 6.07) is 7.18. The van der Waals surface area contributed by atoms with Crippen LogP contribution in [0.5, 0.6) is 0 Å². The SMILES string of the molecule is Cc1c(NC(=O)c2ccc(-c3nnn(C)n3)cc2)c(N2CCCC2)nn1C. The zero-order chi connectivity index (χ0) is 19.0. The topological polar surface area (TPSA) is 93.8 Å². The van der Waals surface area contributed by atoms with E-state index in [4.69, 9.17) is 0 Å². The van der Waals surface area contributed by atoms with Crippen molar-refractivity contribution in [2.24, 2.45) is 14.1 Å². The first-order chi connectivity index (χ1) is 13.0. The molecule has 1 fully saturated rings. The molecule has 0 aliphatic carbocycles. The van der Waals surface area contributed by atoms with E-state index in [9.17, 15) is 4.79 Å². The van der Waals surface area contributed by atoms with Crippen molar-refractivity contribution in [3.05, 3.63) is 35.5 Å². The molecule has 0 unspecified atom stereocenters. The summed E-state index contributed by atoms with van der Waals surface area (Å²) in [5.41, 5.74) is 3.10. The number of rotatable bonds is 4.